The zero-order chi connectivity index (χ0) is 7.84. The zero-order valence-corrected chi connectivity index (χ0v) is 6.15. The van der Waals surface area contributed by atoms with Crippen LogP contribution in [0.5, 0.6) is 0 Å². The van der Waals surface area contributed by atoms with E-state index in [2.05, 4.69) is 10.4 Å². The third kappa shape index (κ3) is 0.832. The molecule has 1 aromatic rings. The number of anilines is 1. The van der Waals surface area contributed by atoms with Gasteiger partial charge in [-0.3, -0.25) is 0 Å². The molecule has 0 fully saturated rings. The SMILES string of the molecule is Cc1cnn2c1NC=CC2O. The summed E-state index contributed by atoms with van der Waals surface area (Å²) in [6.45, 7) is 1.94. The number of nitrogens with zero attached hydrogens (tertiary/aromatic N) is 2. The number of aromatic nitrogens is 2. The first-order chi connectivity index (χ1) is 5.29. The van der Waals surface area contributed by atoms with Crippen molar-refractivity contribution >= 4 is 5.82 Å². The van der Waals surface area contributed by atoms with Crippen molar-refractivity contribution < 1.29 is 5.11 Å². The van der Waals surface area contributed by atoms with Crippen LogP contribution in [-0.2, 0) is 0 Å². The third-order valence-corrected chi connectivity index (χ3v) is 1.72. The highest BCUT2D eigenvalue weighted by Crippen LogP contribution is 2.21. The van der Waals surface area contributed by atoms with E-state index in [1.54, 1.807) is 18.5 Å². The molecule has 2 rings (SSSR count). The molecule has 1 aromatic heterocycles. The van der Waals surface area contributed by atoms with E-state index in [0.717, 1.165) is 11.4 Å². The first-order valence-corrected chi connectivity index (χ1v) is 3.44. The minimum absolute atomic E-state index is 0.625. The molecule has 0 spiro atoms. The molecule has 0 aliphatic carbocycles. The van der Waals surface area contributed by atoms with Crippen LogP contribution >= 0.6 is 0 Å². The second-order valence-electron chi connectivity index (χ2n) is 2.54. The minimum Gasteiger partial charge on any atom is -0.368 e. The summed E-state index contributed by atoms with van der Waals surface area (Å²) in [4.78, 5) is 0. The Balaban J connectivity index is 2.52. The lowest BCUT2D eigenvalue weighted by molar-refractivity contribution is 0.140. The largest absolute Gasteiger partial charge is 0.368 e. The first kappa shape index (κ1) is 6.42. The van der Waals surface area contributed by atoms with Gasteiger partial charge in [-0.2, -0.15) is 5.10 Å². The van der Waals surface area contributed by atoms with Gasteiger partial charge >= 0.3 is 0 Å². The predicted molar refractivity (Wildman–Crippen MR) is 41.0 cm³/mol. The van der Waals surface area contributed by atoms with Gasteiger partial charge in [-0.15, -0.1) is 0 Å². The van der Waals surface area contributed by atoms with Crippen LogP contribution in [0.15, 0.2) is 18.5 Å². The average Bonchev–Trinajstić information content (AvgIpc) is 2.35. The molecule has 1 aliphatic rings. The van der Waals surface area contributed by atoms with Crippen molar-refractivity contribution in [3.63, 3.8) is 0 Å². The van der Waals surface area contributed by atoms with Gasteiger partial charge in [-0.1, -0.05) is 0 Å². The Bertz CT molecular complexity index is 303. The van der Waals surface area contributed by atoms with E-state index in [-0.39, 0.29) is 0 Å². The smallest absolute Gasteiger partial charge is 0.170 e. The van der Waals surface area contributed by atoms with Gasteiger partial charge in [0.05, 0.1) is 6.20 Å². The zero-order valence-electron chi connectivity index (χ0n) is 6.15. The van der Waals surface area contributed by atoms with E-state index in [4.69, 9.17) is 0 Å². The van der Waals surface area contributed by atoms with Gasteiger partial charge in [0.2, 0.25) is 0 Å². The van der Waals surface area contributed by atoms with E-state index in [1.807, 2.05) is 6.92 Å². The molecule has 58 valence electrons. The highest BCUT2D eigenvalue weighted by Gasteiger charge is 2.14. The molecular weight excluding hydrogens is 142 g/mol. The van der Waals surface area contributed by atoms with Crippen molar-refractivity contribution in [3.05, 3.63) is 24.0 Å². The lowest BCUT2D eigenvalue weighted by Crippen LogP contribution is -2.14. The number of aliphatic hydroxyl groups excluding tert-OH is 1. The summed E-state index contributed by atoms with van der Waals surface area (Å²) in [5.41, 5.74) is 1.04. The fourth-order valence-corrected chi connectivity index (χ4v) is 1.12. The van der Waals surface area contributed by atoms with Crippen LogP contribution in [0, 0.1) is 6.92 Å². The summed E-state index contributed by atoms with van der Waals surface area (Å²) >= 11 is 0. The van der Waals surface area contributed by atoms with Gasteiger partial charge in [0.1, 0.15) is 5.82 Å². The molecule has 11 heavy (non-hydrogen) atoms. The molecule has 2 N–H and O–H groups in total. The summed E-state index contributed by atoms with van der Waals surface area (Å²) in [5, 5.41) is 16.3. The Morgan fingerprint density at radius 3 is 3.27 bits per heavy atom. The second-order valence-corrected chi connectivity index (χ2v) is 2.54. The molecule has 4 nitrogen and oxygen atoms in total. The molecular formula is C7H9N3O. The predicted octanol–water partition coefficient (Wildman–Crippen LogP) is 0.622. The van der Waals surface area contributed by atoms with E-state index < -0.39 is 6.23 Å². The Hall–Kier alpha value is -1.29. The maximum Gasteiger partial charge on any atom is 0.170 e. The number of fused-ring (bicyclic) bond motifs is 1. The highest BCUT2D eigenvalue weighted by molar-refractivity contribution is 5.47. The van der Waals surface area contributed by atoms with Crippen molar-refractivity contribution in [1.82, 2.24) is 9.78 Å². The fourth-order valence-electron chi connectivity index (χ4n) is 1.12. The molecule has 1 unspecified atom stereocenters. The van der Waals surface area contributed by atoms with Crippen molar-refractivity contribution in [1.29, 1.82) is 0 Å². The molecule has 0 amide bonds. The fraction of sp³-hybridized carbons (Fsp3) is 0.286. The topological polar surface area (TPSA) is 50.1 Å². The molecule has 0 radical (unpaired) electrons. The van der Waals surface area contributed by atoms with Gasteiger partial charge in [-0.25, -0.2) is 4.68 Å². The van der Waals surface area contributed by atoms with Crippen LogP contribution in [0.1, 0.15) is 11.8 Å². The lowest BCUT2D eigenvalue weighted by Gasteiger charge is -2.15. The molecule has 0 aromatic carbocycles. The second kappa shape index (κ2) is 2.10. The number of hydrogen-bond donors (Lipinski definition) is 2. The van der Waals surface area contributed by atoms with E-state index in [1.165, 1.54) is 4.68 Å². The monoisotopic (exact) mass is 151 g/mol. The Morgan fingerprint density at radius 1 is 1.73 bits per heavy atom. The maximum absolute atomic E-state index is 9.35. The molecule has 1 aliphatic heterocycles. The van der Waals surface area contributed by atoms with E-state index in [9.17, 15) is 5.11 Å². The summed E-state index contributed by atoms with van der Waals surface area (Å²) in [7, 11) is 0. The quantitative estimate of drug-likeness (QED) is 0.571. The van der Waals surface area contributed by atoms with Crippen LogP contribution in [0.3, 0.4) is 0 Å². The number of aliphatic hydroxyl groups is 1. The van der Waals surface area contributed by atoms with Crippen molar-refractivity contribution in [2.75, 3.05) is 5.32 Å². The summed E-state index contributed by atoms with van der Waals surface area (Å²) in [5.74, 6) is 0.861. The average molecular weight is 151 g/mol. The van der Waals surface area contributed by atoms with Crippen LogP contribution in [0.25, 0.3) is 0 Å². The van der Waals surface area contributed by atoms with Crippen LogP contribution in [0.2, 0.25) is 0 Å². The van der Waals surface area contributed by atoms with Gasteiger partial charge in [-0.05, 0) is 13.0 Å². The highest BCUT2D eigenvalue weighted by atomic mass is 16.3. The Kier molecular flexibility index (Phi) is 1.22. The van der Waals surface area contributed by atoms with Gasteiger partial charge in [0, 0.05) is 11.8 Å². The van der Waals surface area contributed by atoms with Crippen LogP contribution in [-0.4, -0.2) is 14.9 Å². The number of rotatable bonds is 0. The molecule has 0 bridgehead atoms. The van der Waals surface area contributed by atoms with Gasteiger partial charge in [0.25, 0.3) is 0 Å². The standard InChI is InChI=1S/C7H9N3O/c1-5-4-9-10-6(11)2-3-8-7(5)10/h2-4,6,8,11H,1H3. The van der Waals surface area contributed by atoms with Crippen LogP contribution in [0.4, 0.5) is 5.82 Å². The van der Waals surface area contributed by atoms with E-state index >= 15 is 0 Å². The maximum atomic E-state index is 9.35. The molecule has 2 heterocycles. The number of aryl methyl sites for hydroxylation is 1. The normalized spacial score (nSPS) is 21.1. The Labute approximate surface area is 64.1 Å². The van der Waals surface area contributed by atoms with Gasteiger partial charge in [0.15, 0.2) is 6.23 Å². The number of hydrogen-bond acceptors (Lipinski definition) is 3. The molecule has 0 saturated heterocycles. The summed E-state index contributed by atoms with van der Waals surface area (Å²) in [6, 6.07) is 0. The molecule has 4 heteroatoms. The lowest BCUT2D eigenvalue weighted by atomic mass is 10.3. The van der Waals surface area contributed by atoms with Crippen molar-refractivity contribution in [2.45, 2.75) is 13.2 Å². The third-order valence-electron chi connectivity index (χ3n) is 1.72. The summed E-state index contributed by atoms with van der Waals surface area (Å²) < 4.78 is 1.54. The van der Waals surface area contributed by atoms with Crippen LogP contribution < -0.4 is 5.32 Å². The first-order valence-electron chi connectivity index (χ1n) is 3.44. The molecule has 0 saturated carbocycles. The van der Waals surface area contributed by atoms with Crippen molar-refractivity contribution in [2.24, 2.45) is 0 Å². The summed E-state index contributed by atoms with van der Waals surface area (Å²) in [6.07, 6.45) is 4.45. The number of nitrogens with one attached hydrogen (secondary N) is 1. The van der Waals surface area contributed by atoms with Gasteiger partial charge < -0.3 is 10.4 Å². The van der Waals surface area contributed by atoms with Crippen molar-refractivity contribution in [3.8, 4) is 0 Å². The minimum atomic E-state index is -0.625. The van der Waals surface area contributed by atoms with E-state index in [0.29, 0.717) is 0 Å². The molecule has 1 atom stereocenters. The Morgan fingerprint density at radius 2 is 2.55 bits per heavy atom.